The molecule has 3 nitrogen and oxygen atoms in total. The molecule has 0 aromatic heterocycles. The van der Waals surface area contributed by atoms with E-state index in [1.807, 2.05) is 0 Å². The molecule has 0 amide bonds. The fraction of sp³-hybridized carbons (Fsp3) is 0.625. The van der Waals surface area contributed by atoms with Crippen LogP contribution in [0.15, 0.2) is 24.3 Å². The number of nitrogens with one attached hydrogen (secondary N) is 1. The molecule has 112 valence electrons. The average Bonchev–Trinajstić information content (AvgIpc) is 2.39. The van der Waals surface area contributed by atoms with Gasteiger partial charge in [0, 0.05) is 54.0 Å². The van der Waals surface area contributed by atoms with Crippen molar-refractivity contribution in [3.63, 3.8) is 0 Å². The molecular weight excluding hydrogens is 268 g/mol. The summed E-state index contributed by atoms with van der Waals surface area (Å²) < 4.78 is 11.4. The lowest BCUT2D eigenvalue weighted by Crippen LogP contribution is -2.37. The Morgan fingerprint density at radius 3 is 2.50 bits per heavy atom. The van der Waals surface area contributed by atoms with Crippen LogP contribution in [0.5, 0.6) is 0 Å². The highest BCUT2D eigenvalue weighted by Crippen LogP contribution is 2.11. The lowest BCUT2D eigenvalue weighted by molar-refractivity contribution is 0.291. The summed E-state index contributed by atoms with van der Waals surface area (Å²) in [6.07, 6.45) is 0. The van der Waals surface area contributed by atoms with Gasteiger partial charge in [0.15, 0.2) is 0 Å². The second-order valence-corrected chi connectivity index (χ2v) is 8.24. The maximum absolute atomic E-state index is 11.4. The summed E-state index contributed by atoms with van der Waals surface area (Å²) in [5, 5.41) is 3.52. The molecule has 1 aromatic rings. The van der Waals surface area contributed by atoms with Gasteiger partial charge in [0.25, 0.3) is 0 Å². The molecule has 1 heterocycles. The van der Waals surface area contributed by atoms with Crippen LogP contribution in [-0.2, 0) is 23.9 Å². The lowest BCUT2D eigenvalue weighted by Gasteiger charge is -2.26. The summed E-state index contributed by atoms with van der Waals surface area (Å²) in [6, 6.07) is 8.78. The maximum atomic E-state index is 11.4. The SMILES string of the molecule is CC(C)(C)NCc1cccc(CN2CCS(=O)CC2)c1. The Hall–Kier alpha value is -0.710. The van der Waals surface area contributed by atoms with E-state index in [-0.39, 0.29) is 5.54 Å². The molecule has 20 heavy (non-hydrogen) atoms. The Balaban J connectivity index is 1.90. The Labute approximate surface area is 125 Å². The maximum Gasteiger partial charge on any atom is 0.0363 e. The van der Waals surface area contributed by atoms with Crippen LogP contribution in [0.25, 0.3) is 0 Å². The Bertz CT molecular complexity index is 458. The van der Waals surface area contributed by atoms with E-state index < -0.39 is 10.8 Å². The monoisotopic (exact) mass is 294 g/mol. The van der Waals surface area contributed by atoms with Crippen molar-refractivity contribution in [2.75, 3.05) is 24.6 Å². The smallest absolute Gasteiger partial charge is 0.0363 e. The summed E-state index contributed by atoms with van der Waals surface area (Å²) in [7, 11) is -0.588. The molecule has 1 saturated heterocycles. The Kier molecular flexibility index (Phi) is 5.35. The third-order valence-corrected chi connectivity index (χ3v) is 4.77. The molecule has 0 radical (unpaired) electrons. The molecule has 4 heteroatoms. The van der Waals surface area contributed by atoms with Crippen LogP contribution < -0.4 is 5.32 Å². The minimum Gasteiger partial charge on any atom is -0.308 e. The highest BCUT2D eigenvalue weighted by molar-refractivity contribution is 7.85. The minimum absolute atomic E-state index is 0.146. The third-order valence-electron chi connectivity index (χ3n) is 3.49. The molecule has 1 N–H and O–H groups in total. The summed E-state index contributed by atoms with van der Waals surface area (Å²) in [5.41, 5.74) is 2.83. The molecule has 1 fully saturated rings. The molecule has 1 aliphatic heterocycles. The largest absolute Gasteiger partial charge is 0.308 e. The van der Waals surface area contributed by atoms with Gasteiger partial charge in [-0.15, -0.1) is 0 Å². The highest BCUT2D eigenvalue weighted by atomic mass is 32.2. The van der Waals surface area contributed by atoms with Gasteiger partial charge in [-0.1, -0.05) is 24.3 Å². The van der Waals surface area contributed by atoms with Crippen molar-refractivity contribution in [2.45, 2.75) is 39.4 Å². The van der Waals surface area contributed by atoms with E-state index in [9.17, 15) is 4.21 Å². The van der Waals surface area contributed by atoms with Crippen molar-refractivity contribution in [3.05, 3.63) is 35.4 Å². The van der Waals surface area contributed by atoms with E-state index in [1.54, 1.807) is 0 Å². The van der Waals surface area contributed by atoms with Gasteiger partial charge in [0.2, 0.25) is 0 Å². The summed E-state index contributed by atoms with van der Waals surface area (Å²) in [4.78, 5) is 2.40. The lowest BCUT2D eigenvalue weighted by atomic mass is 10.1. The molecule has 0 atom stereocenters. The molecule has 1 aliphatic rings. The van der Waals surface area contributed by atoms with E-state index >= 15 is 0 Å². The van der Waals surface area contributed by atoms with Gasteiger partial charge >= 0.3 is 0 Å². The molecule has 1 aromatic carbocycles. The Morgan fingerprint density at radius 1 is 1.20 bits per heavy atom. The van der Waals surface area contributed by atoms with E-state index in [2.05, 4.69) is 55.3 Å². The molecule has 0 aliphatic carbocycles. The van der Waals surface area contributed by atoms with Crippen molar-refractivity contribution in [3.8, 4) is 0 Å². The second-order valence-electron chi connectivity index (χ2n) is 6.55. The van der Waals surface area contributed by atoms with Crippen molar-refractivity contribution in [1.29, 1.82) is 0 Å². The van der Waals surface area contributed by atoms with Crippen LogP contribution >= 0.6 is 0 Å². The van der Waals surface area contributed by atoms with Gasteiger partial charge in [0.05, 0.1) is 0 Å². The van der Waals surface area contributed by atoms with E-state index in [0.29, 0.717) is 0 Å². The average molecular weight is 294 g/mol. The Morgan fingerprint density at radius 2 is 1.85 bits per heavy atom. The quantitative estimate of drug-likeness (QED) is 0.923. The van der Waals surface area contributed by atoms with E-state index in [1.165, 1.54) is 11.1 Å². The number of nitrogens with zero attached hydrogens (tertiary/aromatic N) is 1. The van der Waals surface area contributed by atoms with Gasteiger partial charge in [-0.25, -0.2) is 0 Å². The number of hydrogen-bond acceptors (Lipinski definition) is 3. The fourth-order valence-corrected chi connectivity index (χ4v) is 3.42. The van der Waals surface area contributed by atoms with E-state index in [0.717, 1.165) is 37.7 Å². The number of rotatable bonds is 4. The zero-order valence-electron chi connectivity index (χ0n) is 12.8. The summed E-state index contributed by atoms with van der Waals surface area (Å²) >= 11 is 0. The van der Waals surface area contributed by atoms with E-state index in [4.69, 9.17) is 0 Å². The summed E-state index contributed by atoms with van der Waals surface area (Å²) in [6.45, 7) is 10.3. The van der Waals surface area contributed by atoms with Crippen molar-refractivity contribution in [1.82, 2.24) is 10.2 Å². The first-order chi connectivity index (χ1) is 9.42. The first kappa shape index (κ1) is 15.7. The van der Waals surface area contributed by atoms with Crippen LogP contribution in [0.1, 0.15) is 31.9 Å². The number of hydrogen-bond donors (Lipinski definition) is 1. The molecule has 2 rings (SSSR count). The molecule has 0 unspecified atom stereocenters. The van der Waals surface area contributed by atoms with Crippen molar-refractivity contribution in [2.24, 2.45) is 0 Å². The molecular formula is C16H26N2OS. The van der Waals surface area contributed by atoms with Crippen LogP contribution in [-0.4, -0.2) is 39.2 Å². The predicted octanol–water partition coefficient (Wildman–Crippen LogP) is 2.14. The molecule has 0 saturated carbocycles. The van der Waals surface area contributed by atoms with Crippen LogP contribution in [0.3, 0.4) is 0 Å². The third kappa shape index (κ3) is 5.35. The van der Waals surface area contributed by atoms with Crippen LogP contribution in [0, 0.1) is 0 Å². The minimum atomic E-state index is -0.588. The van der Waals surface area contributed by atoms with Crippen molar-refractivity contribution >= 4 is 10.8 Å². The van der Waals surface area contributed by atoms with Gasteiger partial charge in [-0.3, -0.25) is 9.11 Å². The van der Waals surface area contributed by atoms with Crippen LogP contribution in [0.2, 0.25) is 0 Å². The fourth-order valence-electron chi connectivity index (χ4n) is 2.30. The predicted molar refractivity (Wildman–Crippen MR) is 86.2 cm³/mol. The zero-order valence-corrected chi connectivity index (χ0v) is 13.6. The standard InChI is InChI=1S/C16H26N2OS/c1-16(2,3)17-12-14-5-4-6-15(11-14)13-18-7-9-20(19)10-8-18/h4-6,11,17H,7-10,12-13H2,1-3H3. The second kappa shape index (κ2) is 6.83. The van der Waals surface area contributed by atoms with Gasteiger partial charge < -0.3 is 5.32 Å². The number of benzene rings is 1. The topological polar surface area (TPSA) is 32.3 Å². The van der Waals surface area contributed by atoms with Crippen LogP contribution in [0.4, 0.5) is 0 Å². The normalized spacial score (nSPS) is 18.4. The first-order valence-electron chi connectivity index (χ1n) is 7.32. The molecule has 0 spiro atoms. The van der Waals surface area contributed by atoms with Gasteiger partial charge in [-0.2, -0.15) is 0 Å². The highest BCUT2D eigenvalue weighted by Gasteiger charge is 2.15. The first-order valence-corrected chi connectivity index (χ1v) is 8.81. The van der Waals surface area contributed by atoms with Gasteiger partial charge in [-0.05, 0) is 31.9 Å². The zero-order chi connectivity index (χ0) is 14.6. The molecule has 0 bridgehead atoms. The van der Waals surface area contributed by atoms with Crippen molar-refractivity contribution < 1.29 is 4.21 Å². The van der Waals surface area contributed by atoms with Gasteiger partial charge in [0.1, 0.15) is 0 Å². The summed E-state index contributed by atoms with van der Waals surface area (Å²) in [5.74, 6) is 1.65.